The number of hydrogen-bond donors (Lipinski definition) is 2. The van der Waals surface area contributed by atoms with Gasteiger partial charge in [0.05, 0.1) is 12.0 Å². The van der Waals surface area contributed by atoms with Crippen molar-refractivity contribution in [3.8, 4) is 11.3 Å². The molecule has 0 fully saturated rings. The maximum absolute atomic E-state index is 10.2. The molecule has 118 valence electrons. The van der Waals surface area contributed by atoms with Crippen molar-refractivity contribution in [1.82, 2.24) is 19.9 Å². The molecule has 0 saturated carbocycles. The molecule has 5 nitrogen and oxygen atoms in total. The first-order valence-electron chi connectivity index (χ1n) is 7.72. The molecule has 1 unspecified atom stereocenters. The number of nitrogens with one attached hydrogen (secondary N) is 1. The predicted molar refractivity (Wildman–Crippen MR) is 89.5 cm³/mol. The van der Waals surface area contributed by atoms with Crippen molar-refractivity contribution in [3.05, 3.63) is 72.9 Å². The minimum absolute atomic E-state index is 0.733. The van der Waals surface area contributed by atoms with Crippen molar-refractivity contribution in [1.29, 1.82) is 0 Å². The number of aryl methyl sites for hydroxylation is 1. The highest BCUT2D eigenvalue weighted by molar-refractivity contribution is 5.56. The predicted octanol–water partition coefficient (Wildman–Crippen LogP) is 2.62. The first-order chi connectivity index (χ1) is 11.3. The lowest BCUT2D eigenvalue weighted by Crippen LogP contribution is -2.26. The van der Waals surface area contributed by atoms with E-state index in [-0.39, 0.29) is 0 Å². The van der Waals surface area contributed by atoms with Crippen molar-refractivity contribution >= 4 is 0 Å². The van der Waals surface area contributed by atoms with Gasteiger partial charge in [-0.15, -0.1) is 0 Å². The Hall–Kier alpha value is -2.50. The summed E-state index contributed by atoms with van der Waals surface area (Å²) >= 11 is 0. The van der Waals surface area contributed by atoms with Crippen LogP contribution in [-0.2, 0) is 6.42 Å². The Bertz CT molecular complexity index is 712. The van der Waals surface area contributed by atoms with E-state index in [1.54, 1.807) is 23.3 Å². The van der Waals surface area contributed by atoms with E-state index in [1.165, 1.54) is 5.56 Å². The zero-order chi connectivity index (χ0) is 15.9. The third-order valence-electron chi connectivity index (χ3n) is 3.65. The summed E-state index contributed by atoms with van der Waals surface area (Å²) in [6.45, 7) is 0.733. The third kappa shape index (κ3) is 4.25. The lowest BCUT2D eigenvalue weighted by atomic mass is 10.1. The van der Waals surface area contributed by atoms with E-state index >= 15 is 0 Å². The molecule has 3 aromatic rings. The molecule has 5 heteroatoms. The molecule has 0 aliphatic heterocycles. The smallest absolute Gasteiger partial charge is 0.188 e. The van der Waals surface area contributed by atoms with Crippen LogP contribution in [0, 0.1) is 0 Å². The molecular weight excluding hydrogens is 288 g/mol. The number of imidazole rings is 1. The SMILES string of the molecule is OC(NCCCc1ccccc1)n1cnc(-c2cccnc2)c1. The van der Waals surface area contributed by atoms with Gasteiger partial charge in [-0.25, -0.2) is 4.98 Å². The molecule has 0 aliphatic carbocycles. The second kappa shape index (κ2) is 7.67. The van der Waals surface area contributed by atoms with Gasteiger partial charge in [0.1, 0.15) is 0 Å². The molecule has 0 aliphatic rings. The fourth-order valence-corrected chi connectivity index (χ4v) is 2.41. The molecule has 2 heterocycles. The Balaban J connectivity index is 1.49. The Labute approximate surface area is 135 Å². The molecule has 0 saturated heterocycles. The van der Waals surface area contributed by atoms with Crippen molar-refractivity contribution in [3.63, 3.8) is 0 Å². The van der Waals surface area contributed by atoms with Gasteiger partial charge in [-0.2, -0.15) is 0 Å². The molecule has 0 spiro atoms. The van der Waals surface area contributed by atoms with Crippen LogP contribution in [0.1, 0.15) is 18.3 Å². The Kier molecular flexibility index (Phi) is 5.13. The normalized spacial score (nSPS) is 12.2. The van der Waals surface area contributed by atoms with Crippen LogP contribution in [0.2, 0.25) is 0 Å². The first-order valence-corrected chi connectivity index (χ1v) is 7.72. The molecule has 2 aromatic heterocycles. The number of benzene rings is 1. The number of rotatable bonds is 7. The van der Waals surface area contributed by atoms with Crippen molar-refractivity contribution in [2.45, 2.75) is 19.2 Å². The fourth-order valence-electron chi connectivity index (χ4n) is 2.41. The molecule has 23 heavy (non-hydrogen) atoms. The van der Waals surface area contributed by atoms with E-state index in [1.807, 2.05) is 36.5 Å². The zero-order valence-corrected chi connectivity index (χ0v) is 12.8. The highest BCUT2D eigenvalue weighted by Gasteiger charge is 2.08. The number of aromatic nitrogens is 3. The average molecular weight is 308 g/mol. The van der Waals surface area contributed by atoms with Crippen molar-refractivity contribution in [2.24, 2.45) is 0 Å². The Morgan fingerprint density at radius 1 is 1.13 bits per heavy atom. The van der Waals surface area contributed by atoms with Gasteiger partial charge in [0.2, 0.25) is 0 Å². The van der Waals surface area contributed by atoms with Crippen molar-refractivity contribution in [2.75, 3.05) is 6.54 Å². The van der Waals surface area contributed by atoms with Gasteiger partial charge in [0.25, 0.3) is 0 Å². The average Bonchev–Trinajstić information content (AvgIpc) is 3.10. The second-order valence-corrected chi connectivity index (χ2v) is 5.36. The molecule has 2 N–H and O–H groups in total. The number of hydrogen-bond acceptors (Lipinski definition) is 4. The summed E-state index contributed by atoms with van der Waals surface area (Å²) in [5, 5.41) is 13.3. The Morgan fingerprint density at radius 2 is 2.00 bits per heavy atom. The topological polar surface area (TPSA) is 63.0 Å². The summed E-state index contributed by atoms with van der Waals surface area (Å²) in [7, 11) is 0. The van der Waals surface area contributed by atoms with E-state index in [4.69, 9.17) is 0 Å². The highest BCUT2D eigenvalue weighted by Crippen LogP contribution is 2.16. The summed E-state index contributed by atoms with van der Waals surface area (Å²) in [5.74, 6) is 0. The van der Waals surface area contributed by atoms with Gasteiger partial charge in [0, 0.05) is 24.2 Å². The molecule has 3 rings (SSSR count). The second-order valence-electron chi connectivity index (χ2n) is 5.36. The summed E-state index contributed by atoms with van der Waals surface area (Å²) < 4.78 is 1.66. The van der Waals surface area contributed by atoms with Crippen LogP contribution in [0.15, 0.2) is 67.4 Å². The van der Waals surface area contributed by atoms with Gasteiger partial charge < -0.3 is 5.11 Å². The summed E-state index contributed by atoms with van der Waals surface area (Å²) in [5.41, 5.74) is 3.04. The lowest BCUT2D eigenvalue weighted by molar-refractivity contribution is 0.0677. The maximum Gasteiger partial charge on any atom is 0.188 e. The van der Waals surface area contributed by atoms with Crippen LogP contribution in [0.4, 0.5) is 0 Å². The van der Waals surface area contributed by atoms with E-state index in [0.717, 1.165) is 30.6 Å². The van der Waals surface area contributed by atoms with Gasteiger partial charge >= 0.3 is 0 Å². The molecule has 1 atom stereocenters. The van der Waals surface area contributed by atoms with Crippen LogP contribution in [0.5, 0.6) is 0 Å². The minimum Gasteiger partial charge on any atom is -0.361 e. The maximum atomic E-state index is 10.2. The number of nitrogens with zero attached hydrogens (tertiary/aromatic N) is 3. The lowest BCUT2D eigenvalue weighted by Gasteiger charge is -2.13. The van der Waals surface area contributed by atoms with Gasteiger partial charge in [-0.3, -0.25) is 14.9 Å². The van der Waals surface area contributed by atoms with Gasteiger partial charge in [0.15, 0.2) is 6.35 Å². The van der Waals surface area contributed by atoms with Gasteiger partial charge in [-0.1, -0.05) is 30.3 Å². The van der Waals surface area contributed by atoms with Crippen LogP contribution >= 0.6 is 0 Å². The molecule has 1 aromatic carbocycles. The largest absolute Gasteiger partial charge is 0.361 e. The molecule has 0 radical (unpaired) electrons. The standard InChI is InChI=1S/C18H20N4O/c23-18(20-11-4-8-15-6-2-1-3-7-15)22-13-17(21-14-22)16-9-5-10-19-12-16/h1-3,5-7,9-10,12-14,18,20,23H,4,8,11H2. The van der Waals surface area contributed by atoms with Gasteiger partial charge in [-0.05, 0) is 37.1 Å². The van der Waals surface area contributed by atoms with Crippen LogP contribution in [-0.4, -0.2) is 26.2 Å². The van der Waals surface area contributed by atoms with E-state index in [9.17, 15) is 5.11 Å². The number of aliphatic hydroxyl groups excluding tert-OH is 1. The van der Waals surface area contributed by atoms with E-state index < -0.39 is 6.35 Å². The first kappa shape index (κ1) is 15.4. The number of pyridine rings is 1. The number of aliphatic hydroxyl groups is 1. The Morgan fingerprint density at radius 3 is 2.78 bits per heavy atom. The molecular formula is C18H20N4O. The fraction of sp³-hybridized carbons (Fsp3) is 0.222. The minimum atomic E-state index is -0.774. The summed E-state index contributed by atoms with van der Waals surface area (Å²) in [4.78, 5) is 8.38. The van der Waals surface area contributed by atoms with Crippen LogP contribution in [0.25, 0.3) is 11.3 Å². The van der Waals surface area contributed by atoms with E-state index in [2.05, 4.69) is 27.4 Å². The van der Waals surface area contributed by atoms with Crippen molar-refractivity contribution < 1.29 is 5.11 Å². The quantitative estimate of drug-likeness (QED) is 0.520. The highest BCUT2D eigenvalue weighted by atomic mass is 16.3. The summed E-state index contributed by atoms with van der Waals surface area (Å²) in [6.07, 6.45) is 8.10. The monoisotopic (exact) mass is 308 g/mol. The van der Waals surface area contributed by atoms with Crippen LogP contribution < -0.4 is 5.32 Å². The summed E-state index contributed by atoms with van der Waals surface area (Å²) in [6, 6.07) is 14.2. The zero-order valence-electron chi connectivity index (χ0n) is 12.8. The molecule has 0 amide bonds. The van der Waals surface area contributed by atoms with E-state index in [0.29, 0.717) is 0 Å². The third-order valence-corrected chi connectivity index (χ3v) is 3.65. The van der Waals surface area contributed by atoms with Crippen LogP contribution in [0.3, 0.4) is 0 Å². The molecule has 0 bridgehead atoms.